The Morgan fingerprint density at radius 2 is 2.12 bits per heavy atom. The number of benzene rings is 1. The second-order valence-electron chi connectivity index (χ2n) is 2.95. The first-order chi connectivity index (χ1) is 7.95. The third-order valence-electron chi connectivity index (χ3n) is 1.84. The fourth-order valence-corrected chi connectivity index (χ4v) is 1.46. The van der Waals surface area contributed by atoms with E-state index in [2.05, 4.69) is 4.74 Å². The molecule has 0 amide bonds. The topological polar surface area (TPSA) is 69.4 Å². The molecule has 0 saturated carbocycles. The average Bonchev–Trinajstić information content (AvgIpc) is 2.29. The highest BCUT2D eigenvalue weighted by Gasteiger charge is 2.16. The van der Waals surface area contributed by atoms with Crippen LogP contribution >= 0.6 is 23.2 Å². The standard InChI is InChI=1S/C10H7Cl2NO4/c1-17-9(14)3-2-6-4-7(11)10(12)8(5-6)13(15)16/h2-5H,1H3. The minimum Gasteiger partial charge on any atom is -0.466 e. The van der Waals surface area contributed by atoms with E-state index >= 15 is 0 Å². The highest BCUT2D eigenvalue weighted by Crippen LogP contribution is 2.33. The summed E-state index contributed by atoms with van der Waals surface area (Å²) >= 11 is 11.4. The molecule has 0 N–H and O–H groups in total. The first-order valence-corrected chi connectivity index (χ1v) is 5.10. The number of nitro groups is 1. The Morgan fingerprint density at radius 1 is 1.47 bits per heavy atom. The summed E-state index contributed by atoms with van der Waals surface area (Å²) in [6, 6.07) is 2.63. The molecule has 90 valence electrons. The number of nitrogens with zero attached hydrogens (tertiary/aromatic N) is 1. The van der Waals surface area contributed by atoms with E-state index in [1.54, 1.807) is 0 Å². The summed E-state index contributed by atoms with van der Waals surface area (Å²) in [4.78, 5) is 20.9. The lowest BCUT2D eigenvalue weighted by Gasteiger charge is -2.00. The zero-order valence-electron chi connectivity index (χ0n) is 8.65. The lowest BCUT2D eigenvalue weighted by atomic mass is 10.2. The van der Waals surface area contributed by atoms with E-state index in [0.29, 0.717) is 5.56 Å². The molecule has 0 unspecified atom stereocenters. The van der Waals surface area contributed by atoms with Gasteiger partial charge in [0.1, 0.15) is 5.02 Å². The molecule has 0 atom stereocenters. The third-order valence-corrected chi connectivity index (χ3v) is 2.63. The van der Waals surface area contributed by atoms with Crippen LogP contribution in [-0.4, -0.2) is 18.0 Å². The molecule has 0 aliphatic rings. The van der Waals surface area contributed by atoms with E-state index in [9.17, 15) is 14.9 Å². The molecule has 0 fully saturated rings. The van der Waals surface area contributed by atoms with Crippen LogP contribution in [0.3, 0.4) is 0 Å². The van der Waals surface area contributed by atoms with E-state index in [-0.39, 0.29) is 15.7 Å². The van der Waals surface area contributed by atoms with Crippen LogP contribution in [0.2, 0.25) is 10.0 Å². The predicted octanol–water partition coefficient (Wildman–Crippen LogP) is 3.09. The maximum absolute atomic E-state index is 10.9. The summed E-state index contributed by atoms with van der Waals surface area (Å²) in [5.41, 5.74) is 0.0696. The first kappa shape index (κ1) is 13.5. The Hall–Kier alpha value is -1.59. The minimum atomic E-state index is -0.649. The van der Waals surface area contributed by atoms with E-state index in [1.807, 2.05) is 0 Å². The van der Waals surface area contributed by atoms with Crippen molar-refractivity contribution in [2.45, 2.75) is 0 Å². The molecule has 5 nitrogen and oxygen atoms in total. The maximum Gasteiger partial charge on any atom is 0.330 e. The summed E-state index contributed by atoms with van der Waals surface area (Å²) in [7, 11) is 1.23. The van der Waals surface area contributed by atoms with Crippen molar-refractivity contribution in [3.8, 4) is 0 Å². The van der Waals surface area contributed by atoms with Crippen molar-refractivity contribution in [3.05, 3.63) is 43.9 Å². The van der Waals surface area contributed by atoms with Gasteiger partial charge in [0.25, 0.3) is 5.69 Å². The van der Waals surface area contributed by atoms with Gasteiger partial charge in [-0.3, -0.25) is 10.1 Å². The normalized spacial score (nSPS) is 10.5. The summed E-state index contributed by atoms with van der Waals surface area (Å²) in [6.07, 6.45) is 2.48. The van der Waals surface area contributed by atoms with Crippen LogP contribution in [0.4, 0.5) is 5.69 Å². The number of carbonyl (C=O) groups excluding carboxylic acids is 1. The highest BCUT2D eigenvalue weighted by atomic mass is 35.5. The number of hydrogen-bond donors (Lipinski definition) is 0. The second-order valence-corrected chi connectivity index (χ2v) is 3.73. The Bertz CT molecular complexity index is 499. The van der Waals surface area contributed by atoms with Gasteiger partial charge in [0.05, 0.1) is 17.1 Å². The molecular formula is C10H7Cl2NO4. The van der Waals surface area contributed by atoms with Gasteiger partial charge in [-0.2, -0.15) is 0 Å². The lowest BCUT2D eigenvalue weighted by Crippen LogP contribution is -1.94. The predicted molar refractivity (Wildman–Crippen MR) is 64.2 cm³/mol. The monoisotopic (exact) mass is 275 g/mol. The number of carbonyl (C=O) groups is 1. The zero-order valence-corrected chi connectivity index (χ0v) is 10.2. The van der Waals surface area contributed by atoms with E-state index in [1.165, 1.54) is 25.3 Å². The number of rotatable bonds is 3. The Balaban J connectivity index is 3.15. The van der Waals surface area contributed by atoms with Crippen molar-refractivity contribution in [2.24, 2.45) is 0 Å². The molecule has 0 aliphatic heterocycles. The molecule has 0 radical (unpaired) electrons. The Kier molecular flexibility index (Phi) is 4.48. The number of nitro benzene ring substituents is 1. The van der Waals surface area contributed by atoms with Crippen molar-refractivity contribution < 1.29 is 14.5 Å². The molecular weight excluding hydrogens is 269 g/mol. The summed E-state index contributed by atoms with van der Waals surface area (Å²) in [5, 5.41) is 10.6. The van der Waals surface area contributed by atoms with Crippen LogP contribution < -0.4 is 0 Å². The first-order valence-electron chi connectivity index (χ1n) is 4.35. The fraction of sp³-hybridized carbons (Fsp3) is 0.100. The lowest BCUT2D eigenvalue weighted by molar-refractivity contribution is -0.384. The van der Waals surface area contributed by atoms with Gasteiger partial charge in [-0.25, -0.2) is 4.79 Å². The van der Waals surface area contributed by atoms with Crippen LogP contribution in [0.5, 0.6) is 0 Å². The summed E-state index contributed by atoms with van der Waals surface area (Å²) in [6.45, 7) is 0. The smallest absolute Gasteiger partial charge is 0.330 e. The Labute approximate surface area is 107 Å². The number of esters is 1. The minimum absolute atomic E-state index is 0.0467. The van der Waals surface area contributed by atoms with Gasteiger partial charge in [-0.05, 0) is 17.7 Å². The van der Waals surface area contributed by atoms with E-state index in [4.69, 9.17) is 23.2 Å². The van der Waals surface area contributed by atoms with Crippen LogP contribution in [0.1, 0.15) is 5.56 Å². The average molecular weight is 276 g/mol. The van der Waals surface area contributed by atoms with Gasteiger partial charge in [0, 0.05) is 12.1 Å². The van der Waals surface area contributed by atoms with E-state index in [0.717, 1.165) is 6.08 Å². The third kappa shape index (κ3) is 3.44. The molecule has 1 rings (SSSR count). The Morgan fingerprint density at radius 3 is 2.65 bits per heavy atom. The van der Waals surface area contributed by atoms with Crippen molar-refractivity contribution in [1.29, 1.82) is 0 Å². The van der Waals surface area contributed by atoms with Crippen molar-refractivity contribution in [2.75, 3.05) is 7.11 Å². The van der Waals surface area contributed by atoms with Gasteiger partial charge in [0.2, 0.25) is 0 Å². The van der Waals surface area contributed by atoms with Crippen molar-refractivity contribution in [3.63, 3.8) is 0 Å². The molecule has 1 aromatic carbocycles. The number of methoxy groups -OCH3 is 1. The van der Waals surface area contributed by atoms with Gasteiger partial charge < -0.3 is 4.74 Å². The molecule has 0 aliphatic carbocycles. The molecule has 0 spiro atoms. The van der Waals surface area contributed by atoms with E-state index < -0.39 is 10.9 Å². The van der Waals surface area contributed by atoms with Gasteiger partial charge in [0.15, 0.2) is 0 Å². The fourth-order valence-electron chi connectivity index (χ4n) is 1.06. The quantitative estimate of drug-likeness (QED) is 0.368. The van der Waals surface area contributed by atoms with Crippen molar-refractivity contribution >= 4 is 40.9 Å². The summed E-state index contributed by atoms with van der Waals surface area (Å²) in [5.74, 6) is -0.571. The largest absolute Gasteiger partial charge is 0.466 e. The number of halogens is 2. The van der Waals surface area contributed by atoms with Crippen LogP contribution in [0.25, 0.3) is 6.08 Å². The SMILES string of the molecule is COC(=O)C=Cc1cc(Cl)c(Cl)c([N+](=O)[O-])c1. The van der Waals surface area contributed by atoms with Crippen LogP contribution in [-0.2, 0) is 9.53 Å². The molecule has 0 heterocycles. The van der Waals surface area contributed by atoms with Crippen molar-refractivity contribution in [1.82, 2.24) is 0 Å². The van der Waals surface area contributed by atoms with Crippen LogP contribution in [0, 0.1) is 10.1 Å². The molecule has 1 aromatic rings. The van der Waals surface area contributed by atoms with Gasteiger partial charge in [-0.1, -0.05) is 23.2 Å². The zero-order chi connectivity index (χ0) is 13.0. The highest BCUT2D eigenvalue weighted by molar-refractivity contribution is 6.43. The van der Waals surface area contributed by atoms with Gasteiger partial charge in [-0.15, -0.1) is 0 Å². The summed E-state index contributed by atoms with van der Waals surface area (Å²) < 4.78 is 4.38. The molecule has 0 aromatic heterocycles. The number of ether oxygens (including phenoxy) is 1. The maximum atomic E-state index is 10.9. The molecule has 7 heteroatoms. The van der Waals surface area contributed by atoms with Gasteiger partial charge >= 0.3 is 5.97 Å². The molecule has 0 saturated heterocycles. The molecule has 17 heavy (non-hydrogen) atoms. The number of hydrogen-bond acceptors (Lipinski definition) is 4. The second kappa shape index (κ2) is 5.65. The van der Waals surface area contributed by atoms with Crippen LogP contribution in [0.15, 0.2) is 18.2 Å². The molecule has 0 bridgehead atoms.